The molecule has 4 nitrogen and oxygen atoms in total. The number of fused-ring (bicyclic) bond motifs is 2. The molecule has 3 aromatic rings. The van der Waals surface area contributed by atoms with Crippen LogP contribution in [0.25, 0.3) is 11.1 Å². The molecule has 100 valence electrons. The lowest BCUT2D eigenvalue weighted by Gasteiger charge is -2.08. The van der Waals surface area contributed by atoms with Gasteiger partial charge in [0.25, 0.3) is 6.01 Å². The first-order valence-corrected chi connectivity index (χ1v) is 6.78. The van der Waals surface area contributed by atoms with Crippen molar-refractivity contribution in [2.75, 3.05) is 11.1 Å². The molecule has 0 spiro atoms. The quantitative estimate of drug-likeness (QED) is 0.699. The fraction of sp³-hybridized carbons (Fsp3) is 0.188. The highest BCUT2D eigenvalue weighted by Gasteiger charge is 2.22. The van der Waals surface area contributed by atoms with E-state index in [9.17, 15) is 0 Å². The molecule has 1 aliphatic carbocycles. The lowest BCUT2D eigenvalue weighted by molar-refractivity contribution is 0.596. The number of oxazole rings is 1. The topological polar surface area (TPSA) is 64.1 Å². The number of para-hydroxylation sites is 1. The molecule has 1 heterocycles. The summed E-state index contributed by atoms with van der Waals surface area (Å²) in [6.07, 6.45) is 2.01. The van der Waals surface area contributed by atoms with Gasteiger partial charge in [0.15, 0.2) is 5.58 Å². The number of nitrogens with zero attached hydrogens (tertiary/aromatic N) is 1. The van der Waals surface area contributed by atoms with Gasteiger partial charge in [0.2, 0.25) is 0 Å². The van der Waals surface area contributed by atoms with Crippen molar-refractivity contribution in [2.24, 2.45) is 0 Å². The lowest BCUT2D eigenvalue weighted by Crippen LogP contribution is -2.19. The minimum Gasteiger partial charge on any atom is -0.423 e. The SMILES string of the molecule is Nc1cccc2oc(NC3Cc4ccccc4C3)nc12. The summed E-state index contributed by atoms with van der Waals surface area (Å²) in [5, 5.41) is 3.37. The number of rotatable bonds is 2. The molecule has 1 aromatic heterocycles. The summed E-state index contributed by atoms with van der Waals surface area (Å²) in [4.78, 5) is 4.44. The van der Waals surface area contributed by atoms with E-state index in [0.29, 0.717) is 17.7 Å². The number of benzene rings is 2. The molecule has 0 fully saturated rings. The number of anilines is 2. The minimum atomic E-state index is 0.335. The summed E-state index contributed by atoms with van der Waals surface area (Å²) in [7, 11) is 0. The molecule has 20 heavy (non-hydrogen) atoms. The van der Waals surface area contributed by atoms with Crippen LogP contribution in [0, 0.1) is 0 Å². The summed E-state index contributed by atoms with van der Waals surface area (Å²) in [5.74, 6) is 0. The third-order valence-electron chi connectivity index (χ3n) is 3.83. The molecule has 4 rings (SSSR count). The summed E-state index contributed by atoms with van der Waals surface area (Å²) in [5.41, 5.74) is 10.8. The predicted molar refractivity (Wildman–Crippen MR) is 79.7 cm³/mol. The average molecular weight is 265 g/mol. The van der Waals surface area contributed by atoms with E-state index in [1.54, 1.807) is 0 Å². The summed E-state index contributed by atoms with van der Waals surface area (Å²) < 4.78 is 5.71. The van der Waals surface area contributed by atoms with Gasteiger partial charge in [-0.05, 0) is 36.1 Å². The number of nitrogens with two attached hydrogens (primary N) is 1. The van der Waals surface area contributed by atoms with Crippen molar-refractivity contribution in [3.63, 3.8) is 0 Å². The Morgan fingerprint density at radius 2 is 1.80 bits per heavy atom. The van der Waals surface area contributed by atoms with Crippen LogP contribution < -0.4 is 11.1 Å². The Bertz CT molecular complexity index is 753. The van der Waals surface area contributed by atoms with E-state index < -0.39 is 0 Å². The molecular formula is C16H15N3O. The highest BCUT2D eigenvalue weighted by atomic mass is 16.4. The van der Waals surface area contributed by atoms with Gasteiger partial charge in [0.1, 0.15) is 5.52 Å². The third-order valence-corrected chi connectivity index (χ3v) is 3.83. The summed E-state index contributed by atoms with van der Waals surface area (Å²) in [6, 6.07) is 15.0. The third kappa shape index (κ3) is 1.81. The first kappa shape index (κ1) is 11.3. The van der Waals surface area contributed by atoms with E-state index in [2.05, 4.69) is 34.6 Å². The van der Waals surface area contributed by atoms with Crippen molar-refractivity contribution >= 4 is 22.8 Å². The van der Waals surface area contributed by atoms with E-state index >= 15 is 0 Å². The number of nitrogens with one attached hydrogen (secondary N) is 1. The van der Waals surface area contributed by atoms with E-state index in [1.807, 2.05) is 18.2 Å². The fourth-order valence-electron chi connectivity index (χ4n) is 2.87. The van der Waals surface area contributed by atoms with Crippen LogP contribution in [0.1, 0.15) is 11.1 Å². The van der Waals surface area contributed by atoms with E-state index in [4.69, 9.17) is 10.2 Å². The molecule has 0 atom stereocenters. The van der Waals surface area contributed by atoms with Crippen LogP contribution in [-0.4, -0.2) is 11.0 Å². The maximum Gasteiger partial charge on any atom is 0.296 e. The molecule has 0 bridgehead atoms. The zero-order chi connectivity index (χ0) is 13.5. The molecule has 1 aliphatic rings. The van der Waals surface area contributed by atoms with Crippen molar-refractivity contribution in [1.29, 1.82) is 0 Å². The Balaban J connectivity index is 1.59. The molecule has 0 saturated heterocycles. The van der Waals surface area contributed by atoms with Crippen molar-refractivity contribution in [3.05, 3.63) is 53.6 Å². The Morgan fingerprint density at radius 1 is 1.05 bits per heavy atom. The van der Waals surface area contributed by atoms with Crippen molar-refractivity contribution in [2.45, 2.75) is 18.9 Å². The van der Waals surface area contributed by atoms with E-state index in [-0.39, 0.29) is 0 Å². The second-order valence-corrected chi connectivity index (χ2v) is 5.23. The Morgan fingerprint density at radius 3 is 2.50 bits per heavy atom. The molecule has 3 N–H and O–H groups in total. The normalized spacial score (nSPS) is 14.6. The second kappa shape index (κ2) is 4.27. The van der Waals surface area contributed by atoms with E-state index in [1.165, 1.54) is 11.1 Å². The Hall–Kier alpha value is -2.49. The van der Waals surface area contributed by atoms with E-state index in [0.717, 1.165) is 23.9 Å². The van der Waals surface area contributed by atoms with Crippen LogP contribution in [0.5, 0.6) is 0 Å². The zero-order valence-electron chi connectivity index (χ0n) is 11.0. The standard InChI is InChI=1S/C16H15N3O/c17-13-6-3-7-14-15(13)19-16(20-14)18-12-8-10-4-1-2-5-11(10)9-12/h1-7,12H,8-9,17H2,(H,18,19). The lowest BCUT2D eigenvalue weighted by atomic mass is 10.1. The fourth-order valence-corrected chi connectivity index (χ4v) is 2.87. The van der Waals surface area contributed by atoms with Gasteiger partial charge in [-0.1, -0.05) is 30.3 Å². The highest BCUT2D eigenvalue weighted by molar-refractivity contribution is 5.86. The predicted octanol–water partition coefficient (Wildman–Crippen LogP) is 2.99. The molecule has 4 heteroatoms. The van der Waals surface area contributed by atoms with Gasteiger partial charge in [-0.25, -0.2) is 0 Å². The maximum atomic E-state index is 5.90. The number of hydrogen-bond donors (Lipinski definition) is 2. The molecule has 0 amide bonds. The molecule has 0 aliphatic heterocycles. The first-order valence-electron chi connectivity index (χ1n) is 6.78. The van der Waals surface area contributed by atoms with Crippen LogP contribution in [0.3, 0.4) is 0 Å². The van der Waals surface area contributed by atoms with Gasteiger partial charge in [-0.15, -0.1) is 0 Å². The smallest absolute Gasteiger partial charge is 0.296 e. The monoisotopic (exact) mass is 265 g/mol. The van der Waals surface area contributed by atoms with Gasteiger partial charge in [-0.2, -0.15) is 4.98 Å². The number of aromatic nitrogens is 1. The van der Waals surface area contributed by atoms with Gasteiger partial charge in [-0.3, -0.25) is 0 Å². The van der Waals surface area contributed by atoms with Gasteiger partial charge < -0.3 is 15.5 Å². The summed E-state index contributed by atoms with van der Waals surface area (Å²) in [6.45, 7) is 0. The maximum absolute atomic E-state index is 5.90. The van der Waals surface area contributed by atoms with Crippen LogP contribution in [0.2, 0.25) is 0 Å². The van der Waals surface area contributed by atoms with Crippen LogP contribution in [-0.2, 0) is 12.8 Å². The van der Waals surface area contributed by atoms with Crippen LogP contribution >= 0.6 is 0 Å². The van der Waals surface area contributed by atoms with Crippen LogP contribution in [0.4, 0.5) is 11.7 Å². The molecule has 0 saturated carbocycles. The Labute approximate surface area is 116 Å². The highest BCUT2D eigenvalue weighted by Crippen LogP contribution is 2.27. The molecule has 0 unspecified atom stereocenters. The van der Waals surface area contributed by atoms with Gasteiger partial charge in [0, 0.05) is 6.04 Å². The van der Waals surface area contributed by atoms with Crippen molar-refractivity contribution in [1.82, 2.24) is 4.98 Å². The van der Waals surface area contributed by atoms with Crippen molar-refractivity contribution in [3.8, 4) is 0 Å². The zero-order valence-corrected chi connectivity index (χ0v) is 11.0. The number of hydrogen-bond acceptors (Lipinski definition) is 4. The average Bonchev–Trinajstić information content (AvgIpc) is 3.02. The van der Waals surface area contributed by atoms with Crippen molar-refractivity contribution < 1.29 is 4.42 Å². The first-order chi connectivity index (χ1) is 9.79. The second-order valence-electron chi connectivity index (χ2n) is 5.23. The summed E-state index contributed by atoms with van der Waals surface area (Å²) >= 11 is 0. The van der Waals surface area contributed by atoms with Gasteiger partial charge >= 0.3 is 0 Å². The number of nitrogen functional groups attached to an aromatic ring is 1. The Kier molecular flexibility index (Phi) is 2.42. The largest absolute Gasteiger partial charge is 0.423 e. The molecule has 0 radical (unpaired) electrons. The van der Waals surface area contributed by atoms with Crippen LogP contribution in [0.15, 0.2) is 46.9 Å². The minimum absolute atomic E-state index is 0.335. The molecule has 2 aromatic carbocycles. The van der Waals surface area contributed by atoms with Gasteiger partial charge in [0.05, 0.1) is 5.69 Å². The molecular weight excluding hydrogens is 250 g/mol.